The molecule has 0 N–H and O–H groups in total. The van der Waals surface area contributed by atoms with Gasteiger partial charge >= 0.3 is 0 Å². The van der Waals surface area contributed by atoms with Crippen molar-refractivity contribution < 1.29 is 9.53 Å². The minimum Gasteiger partial charge on any atom is -0.481 e. The minimum absolute atomic E-state index is 0.0843. The molecule has 0 bridgehead atoms. The summed E-state index contributed by atoms with van der Waals surface area (Å²) in [6.07, 6.45) is 3.50. The smallest absolute Gasteiger partial charge is 0.247 e. The summed E-state index contributed by atoms with van der Waals surface area (Å²) in [5.41, 5.74) is 0.864. The summed E-state index contributed by atoms with van der Waals surface area (Å²) in [6, 6.07) is 3.33. The van der Waals surface area contributed by atoms with Crippen LogP contribution in [0.3, 0.4) is 0 Å². The van der Waals surface area contributed by atoms with E-state index in [0.29, 0.717) is 38.0 Å². The quantitative estimate of drug-likeness (QED) is 0.829. The average molecular weight is 330 g/mol. The van der Waals surface area contributed by atoms with E-state index in [0.717, 1.165) is 5.69 Å². The average Bonchev–Trinajstić information content (AvgIpc) is 3.14. The molecule has 1 unspecified atom stereocenters. The van der Waals surface area contributed by atoms with Crippen LogP contribution in [0, 0.1) is 6.92 Å². The van der Waals surface area contributed by atoms with Gasteiger partial charge in [-0.3, -0.25) is 9.48 Å². The van der Waals surface area contributed by atoms with Crippen molar-refractivity contribution >= 4 is 11.9 Å². The normalized spacial score (nSPS) is 16.1. The molecule has 2 aromatic rings. The molecular formula is C16H22N6O2. The van der Waals surface area contributed by atoms with E-state index in [1.54, 1.807) is 24.1 Å². The topological polar surface area (TPSA) is 76.4 Å². The first-order valence-corrected chi connectivity index (χ1v) is 8.01. The van der Waals surface area contributed by atoms with E-state index in [1.165, 1.54) is 0 Å². The number of rotatable bonds is 4. The Hall–Kier alpha value is -2.64. The highest BCUT2D eigenvalue weighted by Gasteiger charge is 2.27. The number of amides is 1. The Kier molecular flexibility index (Phi) is 4.64. The van der Waals surface area contributed by atoms with Gasteiger partial charge in [-0.1, -0.05) is 0 Å². The molecule has 2 aromatic heterocycles. The predicted octanol–water partition coefficient (Wildman–Crippen LogP) is 0.900. The number of anilines is 1. The van der Waals surface area contributed by atoms with Crippen molar-refractivity contribution in [3.63, 3.8) is 0 Å². The maximum Gasteiger partial charge on any atom is 0.247 e. The Morgan fingerprint density at radius 3 is 2.62 bits per heavy atom. The van der Waals surface area contributed by atoms with Crippen LogP contribution >= 0.6 is 0 Å². The van der Waals surface area contributed by atoms with Crippen LogP contribution in [0.15, 0.2) is 24.5 Å². The second-order valence-corrected chi connectivity index (χ2v) is 5.83. The van der Waals surface area contributed by atoms with Crippen LogP contribution < -0.4 is 9.64 Å². The van der Waals surface area contributed by atoms with E-state index in [1.807, 2.05) is 31.0 Å². The maximum atomic E-state index is 12.6. The molecule has 1 fully saturated rings. The molecule has 1 aliphatic heterocycles. The zero-order chi connectivity index (χ0) is 17.1. The lowest BCUT2D eigenvalue weighted by Gasteiger charge is -2.36. The Balaban J connectivity index is 1.63. The molecule has 1 aliphatic rings. The third-order valence-electron chi connectivity index (χ3n) is 4.18. The zero-order valence-electron chi connectivity index (χ0n) is 14.2. The maximum absolute atomic E-state index is 12.6. The van der Waals surface area contributed by atoms with E-state index >= 15 is 0 Å². The highest BCUT2D eigenvalue weighted by molar-refractivity contribution is 5.80. The molecule has 24 heavy (non-hydrogen) atoms. The number of methoxy groups -OCH3 is 1. The lowest BCUT2D eigenvalue weighted by Crippen LogP contribution is -2.50. The third-order valence-corrected chi connectivity index (χ3v) is 4.18. The zero-order valence-corrected chi connectivity index (χ0v) is 14.2. The third kappa shape index (κ3) is 3.32. The van der Waals surface area contributed by atoms with Crippen molar-refractivity contribution in [2.24, 2.45) is 0 Å². The van der Waals surface area contributed by atoms with Gasteiger partial charge < -0.3 is 14.5 Å². The molecule has 0 radical (unpaired) electrons. The molecular weight excluding hydrogens is 308 g/mol. The van der Waals surface area contributed by atoms with Crippen LogP contribution in [0.25, 0.3) is 0 Å². The summed E-state index contributed by atoms with van der Waals surface area (Å²) in [6.45, 7) is 6.47. The van der Waals surface area contributed by atoms with Crippen molar-refractivity contribution in [2.45, 2.75) is 19.9 Å². The summed E-state index contributed by atoms with van der Waals surface area (Å²) >= 11 is 0. The lowest BCUT2D eigenvalue weighted by atomic mass is 10.2. The fourth-order valence-corrected chi connectivity index (χ4v) is 2.78. The van der Waals surface area contributed by atoms with Crippen molar-refractivity contribution in [3.05, 3.63) is 30.2 Å². The van der Waals surface area contributed by atoms with Gasteiger partial charge in [0.1, 0.15) is 6.04 Å². The van der Waals surface area contributed by atoms with Gasteiger partial charge in [-0.15, -0.1) is 0 Å². The molecule has 1 saturated heterocycles. The minimum atomic E-state index is -0.290. The van der Waals surface area contributed by atoms with E-state index in [-0.39, 0.29) is 11.9 Å². The number of carbonyl (C=O) groups excluding carboxylic acids is 1. The number of nitrogens with zero attached hydrogens (tertiary/aromatic N) is 6. The summed E-state index contributed by atoms with van der Waals surface area (Å²) in [7, 11) is 1.60. The standard InChI is InChI=1S/C16H22N6O2/c1-12-11-14(24-3)19-16(18-12)21-9-7-20(8-10-21)15(23)13(2)22-6-4-5-17-22/h4-6,11,13H,7-10H2,1-3H3. The highest BCUT2D eigenvalue weighted by Crippen LogP contribution is 2.18. The molecule has 3 heterocycles. The van der Waals surface area contributed by atoms with Crippen LogP contribution in [-0.4, -0.2) is 63.8 Å². The number of aromatic nitrogens is 4. The van der Waals surface area contributed by atoms with Gasteiger partial charge in [0, 0.05) is 50.3 Å². The van der Waals surface area contributed by atoms with Gasteiger partial charge in [0.05, 0.1) is 7.11 Å². The SMILES string of the molecule is COc1cc(C)nc(N2CCN(C(=O)C(C)n3cccn3)CC2)n1. The highest BCUT2D eigenvalue weighted by atomic mass is 16.5. The number of hydrogen-bond acceptors (Lipinski definition) is 6. The number of aryl methyl sites for hydroxylation is 1. The summed E-state index contributed by atoms with van der Waals surface area (Å²) in [4.78, 5) is 25.4. The van der Waals surface area contributed by atoms with Crippen LogP contribution in [0.4, 0.5) is 5.95 Å². The van der Waals surface area contributed by atoms with Gasteiger partial charge in [0.2, 0.25) is 17.7 Å². The number of piperazine rings is 1. The fraction of sp³-hybridized carbons (Fsp3) is 0.500. The summed E-state index contributed by atoms with van der Waals surface area (Å²) in [5.74, 6) is 1.29. The van der Waals surface area contributed by atoms with Crippen LogP contribution in [0.2, 0.25) is 0 Å². The van der Waals surface area contributed by atoms with E-state index in [2.05, 4.69) is 20.0 Å². The predicted molar refractivity (Wildman–Crippen MR) is 89.1 cm³/mol. The van der Waals surface area contributed by atoms with Gasteiger partial charge in [-0.2, -0.15) is 10.1 Å². The molecule has 8 heteroatoms. The molecule has 1 amide bonds. The van der Waals surface area contributed by atoms with Crippen molar-refractivity contribution in [1.29, 1.82) is 0 Å². The van der Waals surface area contributed by atoms with Gasteiger partial charge in [-0.05, 0) is 19.9 Å². The Labute approximate surface area is 141 Å². The summed E-state index contributed by atoms with van der Waals surface area (Å²) in [5, 5.41) is 4.15. The van der Waals surface area contributed by atoms with Crippen molar-refractivity contribution in [3.8, 4) is 5.88 Å². The van der Waals surface area contributed by atoms with Crippen LogP contribution in [-0.2, 0) is 4.79 Å². The number of ether oxygens (including phenoxy) is 1. The Bertz CT molecular complexity index is 695. The summed E-state index contributed by atoms with van der Waals surface area (Å²) < 4.78 is 6.89. The monoisotopic (exact) mass is 330 g/mol. The Morgan fingerprint density at radius 2 is 2.00 bits per heavy atom. The van der Waals surface area contributed by atoms with Crippen LogP contribution in [0.5, 0.6) is 5.88 Å². The van der Waals surface area contributed by atoms with E-state index in [4.69, 9.17) is 4.74 Å². The van der Waals surface area contributed by atoms with Crippen molar-refractivity contribution in [2.75, 3.05) is 38.2 Å². The first-order chi connectivity index (χ1) is 11.6. The number of carbonyl (C=O) groups is 1. The molecule has 0 aliphatic carbocycles. The largest absolute Gasteiger partial charge is 0.481 e. The molecule has 3 rings (SSSR count). The second kappa shape index (κ2) is 6.86. The van der Waals surface area contributed by atoms with Gasteiger partial charge in [0.25, 0.3) is 0 Å². The van der Waals surface area contributed by atoms with Gasteiger partial charge in [-0.25, -0.2) is 4.98 Å². The Morgan fingerprint density at radius 1 is 1.25 bits per heavy atom. The second-order valence-electron chi connectivity index (χ2n) is 5.83. The van der Waals surface area contributed by atoms with Crippen LogP contribution in [0.1, 0.15) is 18.7 Å². The molecule has 128 valence electrons. The fourth-order valence-electron chi connectivity index (χ4n) is 2.78. The molecule has 1 atom stereocenters. The first kappa shape index (κ1) is 16.2. The number of hydrogen-bond donors (Lipinski definition) is 0. The molecule has 0 saturated carbocycles. The van der Waals surface area contributed by atoms with Crippen molar-refractivity contribution in [1.82, 2.24) is 24.6 Å². The molecule has 0 spiro atoms. The molecule has 0 aromatic carbocycles. The molecule has 8 nitrogen and oxygen atoms in total. The van der Waals surface area contributed by atoms with Gasteiger partial charge in [0.15, 0.2) is 0 Å². The van der Waals surface area contributed by atoms with E-state index < -0.39 is 0 Å². The first-order valence-electron chi connectivity index (χ1n) is 8.01. The van der Waals surface area contributed by atoms with E-state index in [9.17, 15) is 4.79 Å². The lowest BCUT2D eigenvalue weighted by molar-refractivity contribution is -0.134.